The van der Waals surface area contributed by atoms with Gasteiger partial charge in [0.15, 0.2) is 0 Å². The first-order valence-corrected chi connectivity index (χ1v) is 7.50. The number of aromatic nitrogens is 1. The lowest BCUT2D eigenvalue weighted by Gasteiger charge is -2.11. The van der Waals surface area contributed by atoms with Crippen LogP contribution in [0, 0.1) is 0 Å². The molecule has 0 saturated carbocycles. The second kappa shape index (κ2) is 7.31. The van der Waals surface area contributed by atoms with Crippen molar-refractivity contribution >= 4 is 11.8 Å². The number of nitrogens with one attached hydrogen (secondary N) is 1. The van der Waals surface area contributed by atoms with E-state index in [0.717, 1.165) is 22.2 Å². The van der Waals surface area contributed by atoms with Crippen molar-refractivity contribution < 1.29 is 4.74 Å². The second-order valence-corrected chi connectivity index (χ2v) is 5.85. The van der Waals surface area contributed by atoms with Gasteiger partial charge in [0.1, 0.15) is 10.8 Å². The smallest absolute Gasteiger partial charge is 0.119 e. The maximum absolute atomic E-state index is 5.26. The lowest BCUT2D eigenvalue weighted by atomic mass is 10.2. The van der Waals surface area contributed by atoms with Crippen LogP contribution in [0.25, 0.3) is 0 Å². The van der Waals surface area contributed by atoms with Crippen molar-refractivity contribution in [2.75, 3.05) is 7.11 Å². The third-order valence-corrected chi connectivity index (χ3v) is 3.86. The summed E-state index contributed by atoms with van der Waals surface area (Å²) in [6, 6.07) is 12.6. The lowest BCUT2D eigenvalue weighted by Crippen LogP contribution is -2.22. The van der Waals surface area contributed by atoms with Crippen LogP contribution in [-0.2, 0) is 6.54 Å². The van der Waals surface area contributed by atoms with Gasteiger partial charge in [-0.25, -0.2) is 4.98 Å². The molecule has 4 heteroatoms. The molecule has 1 aromatic heterocycles. The van der Waals surface area contributed by atoms with E-state index in [1.54, 1.807) is 18.9 Å². The van der Waals surface area contributed by atoms with E-state index in [-0.39, 0.29) is 0 Å². The summed E-state index contributed by atoms with van der Waals surface area (Å²) in [5, 5.41) is 4.47. The Morgan fingerprint density at radius 1 is 1.25 bits per heavy atom. The van der Waals surface area contributed by atoms with Crippen molar-refractivity contribution in [1.29, 1.82) is 0 Å². The third-order valence-electron chi connectivity index (χ3n) is 2.81. The quantitative estimate of drug-likeness (QED) is 0.878. The molecule has 106 valence electrons. The Morgan fingerprint density at radius 2 is 2.10 bits per heavy atom. The molecule has 0 saturated heterocycles. The average Bonchev–Trinajstić information content (AvgIpc) is 2.46. The van der Waals surface area contributed by atoms with Crippen molar-refractivity contribution in [3.8, 4) is 5.75 Å². The number of hydrogen-bond acceptors (Lipinski definition) is 4. The minimum absolute atomic E-state index is 0.463. The predicted octanol–water partition coefficient (Wildman–Crippen LogP) is 3.74. The molecule has 1 N–H and O–H groups in total. The average molecular weight is 288 g/mol. The summed E-state index contributed by atoms with van der Waals surface area (Å²) in [5.74, 6) is 0.868. The molecule has 0 atom stereocenters. The maximum atomic E-state index is 5.26. The van der Waals surface area contributed by atoms with Crippen LogP contribution in [0.2, 0.25) is 0 Å². The van der Waals surface area contributed by atoms with Gasteiger partial charge in [-0.15, -0.1) is 0 Å². The number of benzene rings is 1. The number of rotatable bonds is 6. The molecule has 3 nitrogen and oxygen atoms in total. The van der Waals surface area contributed by atoms with E-state index in [1.165, 1.54) is 5.56 Å². The number of nitrogens with zero attached hydrogens (tertiary/aromatic N) is 1. The van der Waals surface area contributed by atoms with E-state index < -0.39 is 0 Å². The Kier molecular flexibility index (Phi) is 5.44. The molecule has 0 bridgehead atoms. The summed E-state index contributed by atoms with van der Waals surface area (Å²) in [6.07, 6.45) is 1.83. The molecule has 0 unspecified atom stereocenters. The standard InChI is InChI=1S/C16H20N2OS/c1-12(2)18-11-13-6-5-9-17-16(13)20-15-8-4-7-14(10-15)19-3/h4-10,12,18H,11H2,1-3H3. The van der Waals surface area contributed by atoms with Crippen molar-refractivity contribution in [3.05, 3.63) is 48.2 Å². The van der Waals surface area contributed by atoms with Crippen LogP contribution in [0.1, 0.15) is 19.4 Å². The molecule has 1 heterocycles. The highest BCUT2D eigenvalue weighted by molar-refractivity contribution is 7.99. The molecule has 0 spiro atoms. The Morgan fingerprint density at radius 3 is 2.85 bits per heavy atom. The predicted molar refractivity (Wildman–Crippen MR) is 83.3 cm³/mol. The summed E-state index contributed by atoms with van der Waals surface area (Å²) in [7, 11) is 1.68. The van der Waals surface area contributed by atoms with Gasteiger partial charge in [-0.1, -0.05) is 37.7 Å². The van der Waals surface area contributed by atoms with Gasteiger partial charge in [0.25, 0.3) is 0 Å². The van der Waals surface area contributed by atoms with Gasteiger partial charge in [-0.3, -0.25) is 0 Å². The van der Waals surface area contributed by atoms with E-state index in [4.69, 9.17) is 4.74 Å². The van der Waals surface area contributed by atoms with Gasteiger partial charge in [0, 0.05) is 23.7 Å². The maximum Gasteiger partial charge on any atom is 0.119 e. The summed E-state index contributed by atoms with van der Waals surface area (Å²) >= 11 is 1.66. The van der Waals surface area contributed by atoms with Crippen molar-refractivity contribution in [2.24, 2.45) is 0 Å². The number of hydrogen-bond donors (Lipinski definition) is 1. The lowest BCUT2D eigenvalue weighted by molar-refractivity contribution is 0.413. The fourth-order valence-corrected chi connectivity index (χ4v) is 2.67. The van der Waals surface area contributed by atoms with Crippen LogP contribution in [-0.4, -0.2) is 18.1 Å². The highest BCUT2D eigenvalue weighted by atomic mass is 32.2. The Bertz CT molecular complexity index is 558. The van der Waals surface area contributed by atoms with Crippen LogP contribution >= 0.6 is 11.8 Å². The van der Waals surface area contributed by atoms with Crippen LogP contribution < -0.4 is 10.1 Å². The van der Waals surface area contributed by atoms with Crippen molar-refractivity contribution in [3.63, 3.8) is 0 Å². The van der Waals surface area contributed by atoms with Crippen LogP contribution in [0.4, 0.5) is 0 Å². The molecule has 1 aromatic carbocycles. The largest absolute Gasteiger partial charge is 0.497 e. The fraction of sp³-hybridized carbons (Fsp3) is 0.312. The summed E-state index contributed by atoms with van der Waals surface area (Å²) < 4.78 is 5.26. The van der Waals surface area contributed by atoms with E-state index in [0.29, 0.717) is 6.04 Å². The minimum atomic E-state index is 0.463. The van der Waals surface area contributed by atoms with Gasteiger partial charge in [-0.2, -0.15) is 0 Å². The topological polar surface area (TPSA) is 34.1 Å². The SMILES string of the molecule is COc1cccc(Sc2ncccc2CNC(C)C)c1. The summed E-state index contributed by atoms with van der Waals surface area (Å²) in [6.45, 7) is 5.12. The highest BCUT2D eigenvalue weighted by Crippen LogP contribution is 2.30. The van der Waals surface area contributed by atoms with E-state index in [9.17, 15) is 0 Å². The van der Waals surface area contributed by atoms with Gasteiger partial charge in [0.05, 0.1) is 7.11 Å². The second-order valence-electron chi connectivity index (χ2n) is 4.78. The Labute approximate surface area is 124 Å². The van der Waals surface area contributed by atoms with E-state index in [2.05, 4.69) is 36.3 Å². The number of pyridine rings is 1. The minimum Gasteiger partial charge on any atom is -0.497 e. The first-order valence-electron chi connectivity index (χ1n) is 6.68. The highest BCUT2D eigenvalue weighted by Gasteiger charge is 2.07. The summed E-state index contributed by atoms with van der Waals surface area (Å²) in [4.78, 5) is 5.62. The van der Waals surface area contributed by atoms with E-state index >= 15 is 0 Å². The van der Waals surface area contributed by atoms with Crippen LogP contribution in [0.5, 0.6) is 5.75 Å². The zero-order valence-corrected chi connectivity index (χ0v) is 12.9. The molecular weight excluding hydrogens is 268 g/mol. The van der Waals surface area contributed by atoms with Crippen molar-refractivity contribution in [2.45, 2.75) is 36.4 Å². The van der Waals surface area contributed by atoms with Crippen molar-refractivity contribution in [1.82, 2.24) is 10.3 Å². The van der Waals surface area contributed by atoms with Gasteiger partial charge < -0.3 is 10.1 Å². The Balaban J connectivity index is 2.15. The van der Waals surface area contributed by atoms with Gasteiger partial charge in [0.2, 0.25) is 0 Å². The van der Waals surface area contributed by atoms with Crippen LogP contribution in [0.15, 0.2) is 52.5 Å². The molecule has 0 radical (unpaired) electrons. The fourth-order valence-electron chi connectivity index (χ4n) is 1.74. The zero-order chi connectivity index (χ0) is 14.4. The molecular formula is C16H20N2OS. The molecule has 2 aromatic rings. The van der Waals surface area contributed by atoms with Gasteiger partial charge >= 0.3 is 0 Å². The number of ether oxygens (including phenoxy) is 1. The first-order chi connectivity index (χ1) is 9.69. The Hall–Kier alpha value is -1.52. The number of methoxy groups -OCH3 is 1. The third kappa shape index (κ3) is 4.25. The molecule has 0 amide bonds. The molecule has 2 rings (SSSR count). The monoisotopic (exact) mass is 288 g/mol. The molecule has 0 fully saturated rings. The first kappa shape index (κ1) is 14.9. The van der Waals surface area contributed by atoms with Crippen LogP contribution in [0.3, 0.4) is 0 Å². The van der Waals surface area contributed by atoms with E-state index in [1.807, 2.05) is 30.5 Å². The van der Waals surface area contributed by atoms with Gasteiger partial charge in [-0.05, 0) is 29.8 Å². The molecule has 0 aliphatic rings. The zero-order valence-electron chi connectivity index (χ0n) is 12.1. The summed E-state index contributed by atoms with van der Waals surface area (Å²) in [5.41, 5.74) is 1.22. The molecule has 0 aliphatic heterocycles. The molecule has 0 aliphatic carbocycles. The normalized spacial score (nSPS) is 10.8. The molecule has 20 heavy (non-hydrogen) atoms.